The van der Waals surface area contributed by atoms with Crippen LogP contribution in [0.3, 0.4) is 0 Å². The van der Waals surface area contributed by atoms with Crippen LogP contribution in [0.25, 0.3) is 0 Å². The molecule has 0 aliphatic carbocycles. The Hall–Kier alpha value is -1.70. The molecule has 0 aliphatic heterocycles. The van der Waals surface area contributed by atoms with Crippen molar-refractivity contribution < 1.29 is 26.7 Å². The lowest BCUT2D eigenvalue weighted by molar-refractivity contribution is -0.267. The van der Waals surface area contributed by atoms with E-state index in [-0.39, 0.29) is 12.2 Å². The highest BCUT2D eigenvalue weighted by atomic mass is 19.4. The molecule has 0 aliphatic rings. The summed E-state index contributed by atoms with van der Waals surface area (Å²) in [5.74, 6) is -7.83. The summed E-state index contributed by atoms with van der Waals surface area (Å²) in [4.78, 5) is 11.1. The topological polar surface area (TPSA) is 41.1 Å². The largest absolute Gasteiger partial charge is 0.463 e. The summed E-state index contributed by atoms with van der Waals surface area (Å²) in [6.45, 7) is 2.63. The maximum absolute atomic E-state index is 12.8. The first-order chi connectivity index (χ1) is 9.20. The molecule has 0 saturated carbocycles. The Morgan fingerprint density at radius 3 is 2.30 bits per heavy atom. The summed E-state index contributed by atoms with van der Waals surface area (Å²) in [6, 6.07) is 5.79. The third kappa shape index (κ3) is 3.66. The van der Waals surface area contributed by atoms with Crippen LogP contribution in [0.4, 0.5) is 27.6 Å². The van der Waals surface area contributed by atoms with Gasteiger partial charge in [-0.25, -0.2) is 0 Å². The van der Waals surface area contributed by atoms with Crippen LogP contribution in [0.1, 0.15) is 12.5 Å². The lowest BCUT2D eigenvalue weighted by Crippen LogP contribution is -2.47. The van der Waals surface area contributed by atoms with Gasteiger partial charge in [-0.15, -0.1) is 0 Å². The van der Waals surface area contributed by atoms with Crippen molar-refractivity contribution >= 4 is 11.6 Å². The third-order valence-corrected chi connectivity index (χ3v) is 2.47. The average molecular weight is 296 g/mol. The maximum Gasteiger partial charge on any atom is 0.463 e. The lowest BCUT2D eigenvalue weighted by atomic mass is 10.1. The molecule has 0 heterocycles. The van der Waals surface area contributed by atoms with Gasteiger partial charge in [-0.2, -0.15) is 22.0 Å². The van der Waals surface area contributed by atoms with E-state index in [0.29, 0.717) is 12.1 Å². The van der Waals surface area contributed by atoms with Gasteiger partial charge in [0.1, 0.15) is 0 Å². The monoisotopic (exact) mass is 296 g/mol. The summed E-state index contributed by atoms with van der Waals surface area (Å²) in [5.41, 5.74) is 0.336. The van der Waals surface area contributed by atoms with E-state index in [4.69, 9.17) is 0 Å². The van der Waals surface area contributed by atoms with Crippen LogP contribution >= 0.6 is 0 Å². The number of hydrogen-bond donors (Lipinski definition) is 2. The molecule has 0 aromatic heterocycles. The maximum atomic E-state index is 12.8. The standard InChI is InChI=1S/C12H13F5N2O/c1-2-18-7-8-5-3-4-6-9(8)19-10(20)11(13,14)12(15,16)17/h3-6,18H,2,7H2,1H3,(H,19,20). The van der Waals surface area contributed by atoms with Crippen LogP contribution in [0.2, 0.25) is 0 Å². The number of benzene rings is 1. The van der Waals surface area contributed by atoms with Crippen molar-refractivity contribution in [3.63, 3.8) is 0 Å². The molecule has 0 saturated heterocycles. The number of anilines is 1. The second-order valence-electron chi connectivity index (χ2n) is 3.96. The van der Waals surface area contributed by atoms with Gasteiger partial charge in [0.15, 0.2) is 0 Å². The molecular weight excluding hydrogens is 283 g/mol. The van der Waals surface area contributed by atoms with E-state index in [2.05, 4.69) is 5.32 Å². The van der Waals surface area contributed by atoms with Gasteiger partial charge in [-0.05, 0) is 18.2 Å². The Labute approximate surface area is 112 Å². The molecule has 1 aromatic rings. The second kappa shape index (κ2) is 6.17. The van der Waals surface area contributed by atoms with Gasteiger partial charge >= 0.3 is 18.0 Å². The lowest BCUT2D eigenvalue weighted by Gasteiger charge is -2.19. The zero-order valence-electron chi connectivity index (χ0n) is 10.5. The first kappa shape index (κ1) is 16.4. The number of nitrogens with one attached hydrogen (secondary N) is 2. The van der Waals surface area contributed by atoms with Gasteiger partial charge in [0.25, 0.3) is 0 Å². The van der Waals surface area contributed by atoms with Gasteiger partial charge in [-0.1, -0.05) is 25.1 Å². The second-order valence-corrected chi connectivity index (χ2v) is 3.96. The number of carbonyl (C=O) groups is 1. The number of para-hydroxylation sites is 1. The van der Waals surface area contributed by atoms with Crippen molar-refractivity contribution in [2.24, 2.45) is 0 Å². The smallest absolute Gasteiger partial charge is 0.320 e. The Morgan fingerprint density at radius 2 is 1.75 bits per heavy atom. The fraction of sp³-hybridized carbons (Fsp3) is 0.417. The van der Waals surface area contributed by atoms with Crippen LogP contribution in [-0.4, -0.2) is 24.6 Å². The van der Waals surface area contributed by atoms with Crippen molar-refractivity contribution in [1.82, 2.24) is 5.32 Å². The minimum absolute atomic E-state index is 0.0811. The zero-order valence-corrected chi connectivity index (χ0v) is 10.5. The summed E-state index contributed by atoms with van der Waals surface area (Å²) in [7, 11) is 0. The number of rotatable bonds is 5. The van der Waals surface area contributed by atoms with E-state index in [1.54, 1.807) is 18.3 Å². The molecule has 0 spiro atoms. The fourth-order valence-corrected chi connectivity index (χ4v) is 1.39. The summed E-state index contributed by atoms with van der Waals surface area (Å²) in [6.07, 6.45) is -5.92. The Balaban J connectivity index is 2.91. The molecule has 1 amide bonds. The molecule has 2 N–H and O–H groups in total. The molecular formula is C12H13F5N2O. The van der Waals surface area contributed by atoms with Crippen molar-refractivity contribution in [3.05, 3.63) is 29.8 Å². The minimum atomic E-state index is -5.92. The van der Waals surface area contributed by atoms with Crippen molar-refractivity contribution in [1.29, 1.82) is 0 Å². The number of hydrogen-bond acceptors (Lipinski definition) is 2. The molecule has 0 unspecified atom stereocenters. The van der Waals surface area contributed by atoms with E-state index in [0.717, 1.165) is 0 Å². The highest BCUT2D eigenvalue weighted by Gasteiger charge is 2.63. The van der Waals surface area contributed by atoms with E-state index in [9.17, 15) is 26.7 Å². The number of alkyl halides is 5. The first-order valence-corrected chi connectivity index (χ1v) is 5.74. The van der Waals surface area contributed by atoms with E-state index in [1.807, 2.05) is 0 Å². The Bertz CT molecular complexity index is 473. The van der Waals surface area contributed by atoms with Gasteiger partial charge in [0.2, 0.25) is 0 Å². The number of carbonyl (C=O) groups excluding carboxylic acids is 1. The van der Waals surface area contributed by atoms with E-state index < -0.39 is 18.0 Å². The van der Waals surface area contributed by atoms with Crippen LogP contribution in [0.15, 0.2) is 24.3 Å². The predicted molar refractivity (Wildman–Crippen MR) is 63.5 cm³/mol. The highest BCUT2D eigenvalue weighted by Crippen LogP contribution is 2.36. The Kier molecular flexibility index (Phi) is 5.04. The van der Waals surface area contributed by atoms with Gasteiger partial charge < -0.3 is 10.6 Å². The van der Waals surface area contributed by atoms with Gasteiger partial charge in [0, 0.05) is 12.2 Å². The number of amides is 1. The highest BCUT2D eigenvalue weighted by molar-refractivity contribution is 5.97. The molecule has 0 atom stereocenters. The van der Waals surface area contributed by atoms with Crippen molar-refractivity contribution in [2.75, 3.05) is 11.9 Å². The van der Waals surface area contributed by atoms with Crippen LogP contribution < -0.4 is 10.6 Å². The molecule has 0 fully saturated rings. The molecule has 112 valence electrons. The average Bonchev–Trinajstić information content (AvgIpc) is 2.36. The molecule has 0 bridgehead atoms. The molecule has 8 heteroatoms. The molecule has 3 nitrogen and oxygen atoms in total. The zero-order chi connectivity index (χ0) is 15.4. The van der Waals surface area contributed by atoms with E-state index in [1.165, 1.54) is 18.2 Å². The van der Waals surface area contributed by atoms with Crippen LogP contribution in [-0.2, 0) is 11.3 Å². The molecule has 1 rings (SSSR count). The van der Waals surface area contributed by atoms with Crippen LogP contribution in [0.5, 0.6) is 0 Å². The van der Waals surface area contributed by atoms with Gasteiger partial charge in [0.05, 0.1) is 0 Å². The van der Waals surface area contributed by atoms with Crippen LogP contribution in [0, 0.1) is 0 Å². The quantitative estimate of drug-likeness (QED) is 0.820. The summed E-state index contributed by atoms with van der Waals surface area (Å²) < 4.78 is 61.9. The summed E-state index contributed by atoms with van der Waals surface area (Å²) in [5, 5.41) is 4.50. The molecule has 20 heavy (non-hydrogen) atoms. The van der Waals surface area contributed by atoms with Gasteiger partial charge in [-0.3, -0.25) is 4.79 Å². The normalized spacial score (nSPS) is 12.3. The third-order valence-electron chi connectivity index (χ3n) is 2.47. The fourth-order valence-electron chi connectivity index (χ4n) is 1.39. The van der Waals surface area contributed by atoms with Crippen molar-refractivity contribution in [2.45, 2.75) is 25.6 Å². The van der Waals surface area contributed by atoms with E-state index >= 15 is 0 Å². The minimum Gasteiger partial charge on any atom is -0.320 e. The Morgan fingerprint density at radius 1 is 1.15 bits per heavy atom. The van der Waals surface area contributed by atoms with Crippen molar-refractivity contribution in [3.8, 4) is 0 Å². The predicted octanol–water partition coefficient (Wildman–Crippen LogP) is 2.93. The first-order valence-electron chi connectivity index (χ1n) is 5.74. The SMILES string of the molecule is CCNCc1ccccc1NC(=O)C(F)(F)C(F)(F)F. The number of halogens is 5. The summed E-state index contributed by atoms with van der Waals surface area (Å²) >= 11 is 0. The molecule has 1 aromatic carbocycles. The molecule has 0 radical (unpaired) electrons.